The summed E-state index contributed by atoms with van der Waals surface area (Å²) in [5.74, 6) is 0.0713. The van der Waals surface area contributed by atoms with E-state index in [-0.39, 0.29) is 18.0 Å². The first kappa shape index (κ1) is 21.1. The summed E-state index contributed by atoms with van der Waals surface area (Å²) < 4.78 is 0. The third kappa shape index (κ3) is 4.97. The lowest BCUT2D eigenvalue weighted by Gasteiger charge is -2.39. The average molecular weight is 414 g/mol. The van der Waals surface area contributed by atoms with Gasteiger partial charge < -0.3 is 10.2 Å². The molecule has 3 aromatic carbocycles. The van der Waals surface area contributed by atoms with Crippen molar-refractivity contribution < 1.29 is 4.79 Å². The molecule has 4 nitrogen and oxygen atoms in total. The van der Waals surface area contributed by atoms with Gasteiger partial charge in [0.15, 0.2) is 0 Å². The molecule has 160 valence electrons. The summed E-state index contributed by atoms with van der Waals surface area (Å²) in [6, 6.07) is 28.6. The number of benzene rings is 3. The molecule has 1 N–H and O–H groups in total. The Bertz CT molecular complexity index is 942. The SMILES string of the molecule is Cc1ccccc1N1CCN([C@@H](C)C(=O)NC(c2ccccc2)c2ccccc2)CC1. The molecule has 0 spiro atoms. The molecule has 0 unspecified atom stereocenters. The second kappa shape index (κ2) is 9.80. The van der Waals surface area contributed by atoms with E-state index < -0.39 is 0 Å². The van der Waals surface area contributed by atoms with E-state index in [2.05, 4.69) is 70.6 Å². The Kier molecular flexibility index (Phi) is 6.68. The number of hydrogen-bond acceptors (Lipinski definition) is 3. The van der Waals surface area contributed by atoms with E-state index in [1.165, 1.54) is 11.3 Å². The molecule has 1 aliphatic heterocycles. The first-order valence-corrected chi connectivity index (χ1v) is 11.1. The lowest BCUT2D eigenvalue weighted by molar-refractivity contribution is -0.126. The lowest BCUT2D eigenvalue weighted by Crippen LogP contribution is -2.54. The van der Waals surface area contributed by atoms with E-state index in [1.54, 1.807) is 0 Å². The number of aryl methyl sites for hydroxylation is 1. The standard InChI is InChI=1S/C27H31N3O/c1-21-11-9-10-16-25(21)30-19-17-29(18-20-30)22(2)27(31)28-26(23-12-5-3-6-13-23)24-14-7-4-8-15-24/h3-16,22,26H,17-20H2,1-2H3,(H,28,31)/t22-/m0/s1. The van der Waals surface area contributed by atoms with E-state index in [4.69, 9.17) is 0 Å². The zero-order chi connectivity index (χ0) is 21.6. The summed E-state index contributed by atoms with van der Waals surface area (Å²) >= 11 is 0. The van der Waals surface area contributed by atoms with Crippen molar-refractivity contribution in [3.63, 3.8) is 0 Å². The Morgan fingerprint density at radius 1 is 0.774 bits per heavy atom. The topological polar surface area (TPSA) is 35.6 Å². The van der Waals surface area contributed by atoms with Crippen LogP contribution in [0.4, 0.5) is 5.69 Å². The molecule has 4 rings (SSSR count). The number of rotatable bonds is 6. The quantitative estimate of drug-likeness (QED) is 0.650. The van der Waals surface area contributed by atoms with Crippen LogP contribution in [-0.2, 0) is 4.79 Å². The molecule has 0 bridgehead atoms. The molecule has 3 aromatic rings. The van der Waals surface area contributed by atoms with Crippen LogP contribution >= 0.6 is 0 Å². The smallest absolute Gasteiger partial charge is 0.237 e. The summed E-state index contributed by atoms with van der Waals surface area (Å²) in [5, 5.41) is 3.30. The number of hydrogen-bond donors (Lipinski definition) is 1. The Balaban J connectivity index is 1.42. The zero-order valence-electron chi connectivity index (χ0n) is 18.4. The molecule has 0 radical (unpaired) electrons. The van der Waals surface area contributed by atoms with Crippen LogP contribution in [0, 0.1) is 6.92 Å². The summed E-state index contributed by atoms with van der Waals surface area (Å²) in [5.41, 5.74) is 4.79. The number of piperazine rings is 1. The molecule has 1 fully saturated rings. The number of anilines is 1. The molecule has 1 amide bonds. The minimum atomic E-state index is -0.172. The van der Waals surface area contributed by atoms with Crippen molar-refractivity contribution in [2.24, 2.45) is 0 Å². The van der Waals surface area contributed by atoms with Gasteiger partial charge in [-0.2, -0.15) is 0 Å². The van der Waals surface area contributed by atoms with Gasteiger partial charge in [0.2, 0.25) is 5.91 Å². The summed E-state index contributed by atoms with van der Waals surface area (Å²) in [6.45, 7) is 7.80. The van der Waals surface area contributed by atoms with Crippen molar-refractivity contribution >= 4 is 11.6 Å². The van der Waals surface area contributed by atoms with Gasteiger partial charge in [0, 0.05) is 31.9 Å². The molecular formula is C27H31N3O. The average Bonchev–Trinajstić information content (AvgIpc) is 2.83. The van der Waals surface area contributed by atoms with Crippen LogP contribution in [0.5, 0.6) is 0 Å². The third-order valence-electron chi connectivity index (χ3n) is 6.25. The number of carbonyl (C=O) groups is 1. The second-order valence-electron chi connectivity index (χ2n) is 8.25. The predicted octanol–water partition coefficient (Wildman–Crippen LogP) is 4.41. The van der Waals surface area contributed by atoms with E-state index >= 15 is 0 Å². The summed E-state index contributed by atoms with van der Waals surface area (Å²) in [7, 11) is 0. The first-order chi connectivity index (χ1) is 15.1. The summed E-state index contributed by atoms with van der Waals surface area (Å²) in [4.78, 5) is 18.0. The highest BCUT2D eigenvalue weighted by Crippen LogP contribution is 2.24. The molecule has 1 heterocycles. The molecule has 0 aliphatic carbocycles. The fraction of sp³-hybridized carbons (Fsp3) is 0.296. The Morgan fingerprint density at radius 3 is 1.84 bits per heavy atom. The highest BCUT2D eigenvalue weighted by Gasteiger charge is 2.28. The molecule has 1 atom stereocenters. The lowest BCUT2D eigenvalue weighted by atomic mass is 9.98. The number of nitrogens with zero attached hydrogens (tertiary/aromatic N) is 2. The zero-order valence-corrected chi connectivity index (χ0v) is 18.4. The third-order valence-corrected chi connectivity index (χ3v) is 6.25. The van der Waals surface area contributed by atoms with E-state index in [0.29, 0.717) is 0 Å². The van der Waals surface area contributed by atoms with Crippen molar-refractivity contribution in [1.82, 2.24) is 10.2 Å². The van der Waals surface area contributed by atoms with Crippen LogP contribution in [0.15, 0.2) is 84.9 Å². The molecule has 1 aliphatic rings. The predicted molar refractivity (Wildman–Crippen MR) is 127 cm³/mol. The van der Waals surface area contributed by atoms with E-state index in [1.807, 2.05) is 43.3 Å². The van der Waals surface area contributed by atoms with Gasteiger partial charge in [-0.3, -0.25) is 9.69 Å². The van der Waals surface area contributed by atoms with Crippen LogP contribution < -0.4 is 10.2 Å². The minimum absolute atomic E-state index is 0.0713. The van der Waals surface area contributed by atoms with Gasteiger partial charge in [0.25, 0.3) is 0 Å². The highest BCUT2D eigenvalue weighted by atomic mass is 16.2. The second-order valence-corrected chi connectivity index (χ2v) is 8.25. The molecule has 0 aromatic heterocycles. The maximum Gasteiger partial charge on any atom is 0.237 e. The van der Waals surface area contributed by atoms with Crippen molar-refractivity contribution in [1.29, 1.82) is 0 Å². The normalized spacial score (nSPS) is 15.6. The van der Waals surface area contributed by atoms with Gasteiger partial charge in [-0.25, -0.2) is 0 Å². The fourth-order valence-electron chi connectivity index (χ4n) is 4.35. The number of nitrogens with one attached hydrogen (secondary N) is 1. The molecular weight excluding hydrogens is 382 g/mol. The van der Waals surface area contributed by atoms with Gasteiger partial charge >= 0.3 is 0 Å². The number of carbonyl (C=O) groups excluding carboxylic acids is 1. The van der Waals surface area contributed by atoms with Gasteiger partial charge in [-0.15, -0.1) is 0 Å². The van der Waals surface area contributed by atoms with Crippen molar-refractivity contribution in [2.75, 3.05) is 31.1 Å². The van der Waals surface area contributed by atoms with E-state index in [9.17, 15) is 4.79 Å². The van der Waals surface area contributed by atoms with Crippen LogP contribution in [0.2, 0.25) is 0 Å². The van der Waals surface area contributed by atoms with Crippen molar-refractivity contribution in [2.45, 2.75) is 25.9 Å². The molecule has 31 heavy (non-hydrogen) atoms. The Hall–Kier alpha value is -3.11. The van der Waals surface area contributed by atoms with Gasteiger partial charge in [-0.1, -0.05) is 78.9 Å². The Labute approximate surface area is 185 Å². The number of para-hydroxylation sites is 1. The van der Waals surface area contributed by atoms with Crippen molar-refractivity contribution in [3.05, 3.63) is 102 Å². The Morgan fingerprint density at radius 2 is 1.29 bits per heavy atom. The van der Waals surface area contributed by atoms with Crippen LogP contribution in [0.1, 0.15) is 29.7 Å². The molecule has 4 heteroatoms. The molecule has 1 saturated heterocycles. The van der Waals surface area contributed by atoms with Crippen LogP contribution in [0.25, 0.3) is 0 Å². The minimum Gasteiger partial charge on any atom is -0.369 e. The van der Waals surface area contributed by atoms with Crippen LogP contribution in [-0.4, -0.2) is 43.0 Å². The first-order valence-electron chi connectivity index (χ1n) is 11.1. The van der Waals surface area contributed by atoms with Crippen molar-refractivity contribution in [3.8, 4) is 0 Å². The molecule has 0 saturated carbocycles. The fourth-order valence-corrected chi connectivity index (χ4v) is 4.35. The monoisotopic (exact) mass is 413 g/mol. The highest BCUT2D eigenvalue weighted by molar-refractivity contribution is 5.82. The van der Waals surface area contributed by atoms with Gasteiger partial charge in [0.1, 0.15) is 0 Å². The van der Waals surface area contributed by atoms with Crippen LogP contribution in [0.3, 0.4) is 0 Å². The maximum absolute atomic E-state index is 13.2. The maximum atomic E-state index is 13.2. The van der Waals surface area contributed by atoms with E-state index in [0.717, 1.165) is 37.3 Å². The largest absolute Gasteiger partial charge is 0.369 e. The van der Waals surface area contributed by atoms with Gasteiger partial charge in [0.05, 0.1) is 12.1 Å². The number of amides is 1. The summed E-state index contributed by atoms with van der Waals surface area (Å²) in [6.07, 6.45) is 0. The van der Waals surface area contributed by atoms with Gasteiger partial charge in [-0.05, 0) is 36.6 Å².